The highest BCUT2D eigenvalue weighted by Crippen LogP contribution is 2.24. The number of amides is 1. The van der Waals surface area contributed by atoms with Crippen molar-refractivity contribution < 1.29 is 14.5 Å². The van der Waals surface area contributed by atoms with Crippen LogP contribution >= 0.6 is 0 Å². The van der Waals surface area contributed by atoms with Crippen LogP contribution in [-0.4, -0.2) is 37.1 Å². The molecule has 0 radical (unpaired) electrons. The number of carbonyl (C=O) groups excluding carboxylic acids is 1. The van der Waals surface area contributed by atoms with Crippen molar-refractivity contribution in [2.45, 2.75) is 18.9 Å². The predicted octanol–water partition coefficient (Wildman–Crippen LogP) is 1.55. The first-order valence-corrected chi connectivity index (χ1v) is 6.48. The van der Waals surface area contributed by atoms with Crippen molar-refractivity contribution in [1.82, 2.24) is 5.32 Å². The van der Waals surface area contributed by atoms with Crippen molar-refractivity contribution in [3.8, 4) is 0 Å². The zero-order chi connectivity index (χ0) is 14.5. The zero-order valence-electron chi connectivity index (χ0n) is 11.2. The normalized spacial score (nSPS) is 17.8. The lowest BCUT2D eigenvalue weighted by molar-refractivity contribution is -0.383. The molecule has 1 aromatic carbocycles. The summed E-state index contributed by atoms with van der Waals surface area (Å²) in [6.45, 7) is 1.20. The molecule has 2 N–H and O–H groups in total. The van der Waals surface area contributed by atoms with E-state index >= 15 is 0 Å². The Bertz CT molecular complexity index is 512. The summed E-state index contributed by atoms with van der Waals surface area (Å²) < 4.78 is 5.42. The van der Waals surface area contributed by atoms with E-state index in [1.807, 2.05) is 0 Å². The number of anilines is 1. The summed E-state index contributed by atoms with van der Waals surface area (Å²) in [6.07, 6.45) is 2.03. The first-order chi connectivity index (χ1) is 9.61. The van der Waals surface area contributed by atoms with Gasteiger partial charge in [-0.15, -0.1) is 0 Å². The molecule has 1 heterocycles. The summed E-state index contributed by atoms with van der Waals surface area (Å²) in [5.74, 6) is -0.258. The third-order valence-electron chi connectivity index (χ3n) is 3.24. The van der Waals surface area contributed by atoms with Gasteiger partial charge >= 0.3 is 0 Å². The molecule has 1 amide bonds. The summed E-state index contributed by atoms with van der Waals surface area (Å²) in [4.78, 5) is 22.3. The van der Waals surface area contributed by atoms with Crippen molar-refractivity contribution >= 4 is 17.3 Å². The molecule has 1 fully saturated rings. The van der Waals surface area contributed by atoms with Gasteiger partial charge in [-0.05, 0) is 25.0 Å². The summed E-state index contributed by atoms with van der Waals surface area (Å²) in [5.41, 5.74) is 0.654. The second kappa shape index (κ2) is 6.33. The lowest BCUT2D eigenvalue weighted by Gasteiger charge is -2.11. The van der Waals surface area contributed by atoms with Gasteiger partial charge in [-0.1, -0.05) is 0 Å². The number of hydrogen-bond acceptors (Lipinski definition) is 5. The van der Waals surface area contributed by atoms with E-state index in [1.165, 1.54) is 18.2 Å². The average molecular weight is 279 g/mol. The highest BCUT2D eigenvalue weighted by atomic mass is 16.6. The second-order valence-electron chi connectivity index (χ2n) is 4.58. The molecular formula is C13H17N3O4. The van der Waals surface area contributed by atoms with Gasteiger partial charge in [-0.25, -0.2) is 0 Å². The molecule has 7 heteroatoms. The van der Waals surface area contributed by atoms with Gasteiger partial charge in [-0.3, -0.25) is 14.9 Å². The van der Waals surface area contributed by atoms with E-state index in [4.69, 9.17) is 4.74 Å². The Morgan fingerprint density at radius 1 is 1.55 bits per heavy atom. The predicted molar refractivity (Wildman–Crippen MR) is 74.0 cm³/mol. The van der Waals surface area contributed by atoms with E-state index in [9.17, 15) is 14.9 Å². The highest BCUT2D eigenvalue weighted by molar-refractivity contribution is 5.95. The smallest absolute Gasteiger partial charge is 0.292 e. The van der Waals surface area contributed by atoms with Crippen LogP contribution in [0.2, 0.25) is 0 Å². The number of nitro groups is 1. The van der Waals surface area contributed by atoms with Crippen molar-refractivity contribution in [3.05, 3.63) is 33.9 Å². The second-order valence-corrected chi connectivity index (χ2v) is 4.58. The molecular weight excluding hydrogens is 262 g/mol. The van der Waals surface area contributed by atoms with Crippen LogP contribution in [0, 0.1) is 10.1 Å². The fourth-order valence-electron chi connectivity index (χ4n) is 2.15. The minimum Gasteiger partial charge on any atom is -0.383 e. The van der Waals surface area contributed by atoms with Crippen LogP contribution < -0.4 is 10.6 Å². The standard InChI is InChI=1S/C13H17N3O4/c1-14-11-7-9(4-5-12(11)16(18)19)13(17)15-8-10-3-2-6-20-10/h4-5,7,10,14H,2-3,6,8H2,1H3,(H,15,17). The lowest BCUT2D eigenvalue weighted by atomic mass is 10.1. The van der Waals surface area contributed by atoms with Crippen molar-refractivity contribution in [3.63, 3.8) is 0 Å². The van der Waals surface area contributed by atoms with Crippen LogP contribution in [0.4, 0.5) is 11.4 Å². The minimum atomic E-state index is -0.486. The van der Waals surface area contributed by atoms with Gasteiger partial charge in [0.1, 0.15) is 5.69 Å². The number of hydrogen-bond donors (Lipinski definition) is 2. The third-order valence-corrected chi connectivity index (χ3v) is 3.24. The summed E-state index contributed by atoms with van der Waals surface area (Å²) in [6, 6.07) is 4.25. The maximum atomic E-state index is 12.0. The minimum absolute atomic E-state index is 0.0526. The first-order valence-electron chi connectivity index (χ1n) is 6.48. The maximum absolute atomic E-state index is 12.0. The number of rotatable bonds is 5. The fourth-order valence-corrected chi connectivity index (χ4v) is 2.15. The molecule has 7 nitrogen and oxygen atoms in total. The molecule has 1 aliphatic rings. The molecule has 1 saturated heterocycles. The number of carbonyl (C=O) groups is 1. The van der Waals surface area contributed by atoms with E-state index in [1.54, 1.807) is 7.05 Å². The molecule has 1 aromatic rings. The Hall–Kier alpha value is -2.15. The molecule has 0 spiro atoms. The molecule has 20 heavy (non-hydrogen) atoms. The van der Waals surface area contributed by atoms with E-state index in [0.717, 1.165) is 19.4 Å². The monoisotopic (exact) mass is 279 g/mol. The molecule has 0 aliphatic carbocycles. The molecule has 1 unspecified atom stereocenters. The summed E-state index contributed by atoms with van der Waals surface area (Å²) >= 11 is 0. The van der Waals surface area contributed by atoms with Gasteiger partial charge in [0.15, 0.2) is 0 Å². The molecule has 1 atom stereocenters. The van der Waals surface area contributed by atoms with Gasteiger partial charge < -0.3 is 15.4 Å². The zero-order valence-corrected chi connectivity index (χ0v) is 11.2. The Kier molecular flexibility index (Phi) is 4.52. The van der Waals surface area contributed by atoms with Gasteiger partial charge in [0.05, 0.1) is 11.0 Å². The Morgan fingerprint density at radius 3 is 2.95 bits per heavy atom. The van der Waals surface area contributed by atoms with Crippen LogP contribution in [0.25, 0.3) is 0 Å². The van der Waals surface area contributed by atoms with Crippen LogP contribution in [0.5, 0.6) is 0 Å². The molecule has 2 rings (SSSR count). The Labute approximate surface area is 116 Å². The van der Waals surface area contributed by atoms with Crippen LogP contribution in [0.15, 0.2) is 18.2 Å². The Balaban J connectivity index is 2.03. The Morgan fingerprint density at radius 2 is 2.35 bits per heavy atom. The maximum Gasteiger partial charge on any atom is 0.292 e. The van der Waals surface area contributed by atoms with E-state index < -0.39 is 4.92 Å². The fraction of sp³-hybridized carbons (Fsp3) is 0.462. The molecule has 0 aromatic heterocycles. The van der Waals surface area contributed by atoms with Gasteiger partial charge in [0.2, 0.25) is 0 Å². The molecule has 0 bridgehead atoms. The van der Waals surface area contributed by atoms with Gasteiger partial charge in [-0.2, -0.15) is 0 Å². The molecule has 0 saturated carbocycles. The largest absolute Gasteiger partial charge is 0.383 e. The van der Waals surface area contributed by atoms with Crippen LogP contribution in [0.1, 0.15) is 23.2 Å². The quantitative estimate of drug-likeness (QED) is 0.630. The summed E-state index contributed by atoms with van der Waals surface area (Å²) in [7, 11) is 1.58. The van der Waals surface area contributed by atoms with Crippen molar-refractivity contribution in [2.24, 2.45) is 0 Å². The first kappa shape index (κ1) is 14.3. The highest BCUT2D eigenvalue weighted by Gasteiger charge is 2.18. The number of benzene rings is 1. The summed E-state index contributed by atoms with van der Waals surface area (Å²) in [5, 5.41) is 16.3. The number of nitrogens with zero attached hydrogens (tertiary/aromatic N) is 1. The number of ether oxygens (including phenoxy) is 1. The SMILES string of the molecule is CNc1cc(C(=O)NCC2CCCO2)ccc1[N+](=O)[O-]. The molecule has 1 aliphatic heterocycles. The van der Waals surface area contributed by atoms with E-state index in [-0.39, 0.29) is 17.7 Å². The topological polar surface area (TPSA) is 93.5 Å². The van der Waals surface area contributed by atoms with E-state index in [2.05, 4.69) is 10.6 Å². The van der Waals surface area contributed by atoms with Crippen LogP contribution in [-0.2, 0) is 4.74 Å². The van der Waals surface area contributed by atoms with Gasteiger partial charge in [0.25, 0.3) is 11.6 Å². The van der Waals surface area contributed by atoms with E-state index in [0.29, 0.717) is 17.8 Å². The number of nitrogens with one attached hydrogen (secondary N) is 2. The average Bonchev–Trinajstić information content (AvgIpc) is 2.97. The van der Waals surface area contributed by atoms with Crippen molar-refractivity contribution in [2.75, 3.05) is 25.5 Å². The van der Waals surface area contributed by atoms with Crippen molar-refractivity contribution in [1.29, 1.82) is 0 Å². The number of nitro benzene ring substituents is 1. The molecule has 108 valence electrons. The van der Waals surface area contributed by atoms with Gasteiger partial charge in [0, 0.05) is 31.8 Å². The third kappa shape index (κ3) is 3.24. The van der Waals surface area contributed by atoms with Crippen LogP contribution in [0.3, 0.4) is 0 Å². The lowest BCUT2D eigenvalue weighted by Crippen LogP contribution is -2.31.